The molecule has 86 valence electrons. The summed E-state index contributed by atoms with van der Waals surface area (Å²) in [6.07, 6.45) is 0. The van der Waals surface area contributed by atoms with Crippen molar-refractivity contribution >= 4 is 18.4 Å². The van der Waals surface area contributed by atoms with Crippen LogP contribution in [0.1, 0.15) is 0 Å². The number of urea groups is 1. The molecular weight excluding hydrogens is 210 g/mol. The lowest BCUT2D eigenvalue weighted by molar-refractivity contribution is 0.252. The van der Waals surface area contributed by atoms with Gasteiger partial charge in [0.15, 0.2) is 0 Å². The number of carbonyl (C=O) groups excluding carboxylic acids is 1. The number of rotatable bonds is 4. The molecule has 6 nitrogen and oxygen atoms in total. The van der Waals surface area contributed by atoms with Gasteiger partial charge in [0.25, 0.3) is 0 Å². The third-order valence-electron chi connectivity index (χ3n) is 1.79. The summed E-state index contributed by atoms with van der Waals surface area (Å²) in [6, 6.07) is 4.54. The summed E-state index contributed by atoms with van der Waals surface area (Å²) in [7, 11) is 3.06. The van der Waals surface area contributed by atoms with Crippen molar-refractivity contribution in [3.63, 3.8) is 0 Å². The lowest BCUT2D eigenvalue weighted by atomic mass is 10.3. The predicted molar refractivity (Wildman–Crippen MR) is 61.2 cm³/mol. The molecule has 0 bridgehead atoms. The van der Waals surface area contributed by atoms with Gasteiger partial charge in [0.1, 0.15) is 11.5 Å². The van der Waals surface area contributed by atoms with Crippen molar-refractivity contribution in [2.45, 2.75) is 0 Å². The molecule has 0 aliphatic heterocycles. The molecule has 0 aliphatic rings. The lowest BCUT2D eigenvalue weighted by Crippen LogP contribution is -2.23. The van der Waals surface area contributed by atoms with E-state index in [9.17, 15) is 4.79 Å². The van der Waals surface area contributed by atoms with Crippen molar-refractivity contribution in [3.05, 3.63) is 18.2 Å². The maximum Gasteiger partial charge on any atom is 0.339 e. The molecule has 0 saturated heterocycles. The molecule has 0 aromatic heterocycles. The molecule has 2 N–H and O–H groups in total. The quantitative estimate of drug-likeness (QED) is 0.599. The minimum absolute atomic E-state index is 0.481. The molecule has 1 aromatic carbocycles. The molecule has 0 fully saturated rings. The first kappa shape index (κ1) is 11.8. The Morgan fingerprint density at radius 3 is 2.25 bits per heavy atom. The van der Waals surface area contributed by atoms with E-state index in [0.29, 0.717) is 17.2 Å². The Balaban J connectivity index is 2.86. The van der Waals surface area contributed by atoms with Crippen LogP contribution in [0.25, 0.3) is 0 Å². The highest BCUT2D eigenvalue weighted by atomic mass is 16.5. The van der Waals surface area contributed by atoms with E-state index in [4.69, 9.17) is 9.47 Å². The van der Waals surface area contributed by atoms with Gasteiger partial charge in [-0.1, -0.05) is 0 Å². The number of anilines is 1. The van der Waals surface area contributed by atoms with Gasteiger partial charge in [-0.2, -0.15) is 5.10 Å². The number of hydrogen-bond acceptors (Lipinski definition) is 4. The van der Waals surface area contributed by atoms with Crippen LogP contribution in [0.3, 0.4) is 0 Å². The first-order chi connectivity index (χ1) is 7.69. The number of methoxy groups -OCH3 is 2. The summed E-state index contributed by atoms with van der Waals surface area (Å²) in [6.45, 7) is 3.14. The summed E-state index contributed by atoms with van der Waals surface area (Å²) in [4.78, 5) is 11.2. The van der Waals surface area contributed by atoms with E-state index in [1.54, 1.807) is 18.2 Å². The van der Waals surface area contributed by atoms with Gasteiger partial charge in [0.2, 0.25) is 0 Å². The minimum Gasteiger partial charge on any atom is -0.497 e. The van der Waals surface area contributed by atoms with Gasteiger partial charge in [-0.25, -0.2) is 10.2 Å². The molecule has 0 aliphatic carbocycles. The van der Waals surface area contributed by atoms with E-state index in [1.807, 2.05) is 0 Å². The highest BCUT2D eigenvalue weighted by Gasteiger charge is 2.04. The minimum atomic E-state index is -0.481. The third-order valence-corrected chi connectivity index (χ3v) is 1.79. The molecule has 0 atom stereocenters. The van der Waals surface area contributed by atoms with Gasteiger partial charge < -0.3 is 14.8 Å². The molecule has 0 saturated carbocycles. The molecule has 0 spiro atoms. The number of ether oxygens (including phenoxy) is 2. The Hall–Kier alpha value is -2.24. The second kappa shape index (κ2) is 5.59. The van der Waals surface area contributed by atoms with Crippen LogP contribution in [-0.4, -0.2) is 27.0 Å². The van der Waals surface area contributed by atoms with Crippen molar-refractivity contribution in [1.82, 2.24) is 5.43 Å². The number of nitrogens with zero attached hydrogens (tertiary/aromatic N) is 1. The molecule has 0 radical (unpaired) electrons. The van der Waals surface area contributed by atoms with Crippen LogP contribution in [0.15, 0.2) is 23.3 Å². The zero-order valence-corrected chi connectivity index (χ0v) is 9.11. The zero-order valence-electron chi connectivity index (χ0n) is 9.11. The van der Waals surface area contributed by atoms with E-state index in [2.05, 4.69) is 22.6 Å². The molecular formula is C10H13N3O3. The van der Waals surface area contributed by atoms with Crippen LogP contribution >= 0.6 is 0 Å². The molecule has 6 heteroatoms. The van der Waals surface area contributed by atoms with Gasteiger partial charge in [-0.3, -0.25) is 0 Å². The van der Waals surface area contributed by atoms with E-state index in [-0.39, 0.29) is 0 Å². The van der Waals surface area contributed by atoms with Crippen molar-refractivity contribution < 1.29 is 14.3 Å². The summed E-state index contributed by atoms with van der Waals surface area (Å²) in [5, 5.41) is 5.79. The Morgan fingerprint density at radius 1 is 1.25 bits per heavy atom. The monoisotopic (exact) mass is 223 g/mol. The standard InChI is InChI=1S/C10H13N3O3/c1-11-13-10(14)12-7-4-8(15-2)6-9(5-7)16-3/h4-6H,1H2,2-3H3,(H2,12,13,14). The van der Waals surface area contributed by atoms with Crippen LogP contribution in [-0.2, 0) is 0 Å². The number of hydrogen-bond donors (Lipinski definition) is 2. The zero-order chi connectivity index (χ0) is 12.0. The summed E-state index contributed by atoms with van der Waals surface area (Å²) in [5.74, 6) is 1.17. The first-order valence-corrected chi connectivity index (χ1v) is 4.45. The predicted octanol–water partition coefficient (Wildman–Crippen LogP) is 1.44. The van der Waals surface area contributed by atoms with Crippen LogP contribution in [0.4, 0.5) is 10.5 Å². The normalized spacial score (nSPS) is 9.12. The highest BCUT2D eigenvalue weighted by Crippen LogP contribution is 2.25. The van der Waals surface area contributed by atoms with Gasteiger partial charge in [0.05, 0.1) is 14.2 Å². The fourth-order valence-corrected chi connectivity index (χ4v) is 1.11. The smallest absolute Gasteiger partial charge is 0.339 e. The Labute approximate surface area is 93.2 Å². The van der Waals surface area contributed by atoms with E-state index in [1.165, 1.54) is 14.2 Å². The van der Waals surface area contributed by atoms with Crippen molar-refractivity contribution in [2.24, 2.45) is 5.10 Å². The highest BCUT2D eigenvalue weighted by molar-refractivity contribution is 5.89. The average molecular weight is 223 g/mol. The van der Waals surface area contributed by atoms with E-state index in [0.717, 1.165) is 0 Å². The van der Waals surface area contributed by atoms with Gasteiger partial charge in [-0.05, 0) is 0 Å². The largest absolute Gasteiger partial charge is 0.497 e. The number of benzene rings is 1. The Kier molecular flexibility index (Phi) is 4.14. The Bertz CT molecular complexity index is 371. The molecule has 1 rings (SSSR count). The third kappa shape index (κ3) is 3.16. The van der Waals surface area contributed by atoms with E-state index >= 15 is 0 Å². The number of amides is 2. The van der Waals surface area contributed by atoms with Crippen molar-refractivity contribution in [2.75, 3.05) is 19.5 Å². The molecule has 0 unspecified atom stereocenters. The topological polar surface area (TPSA) is 72.0 Å². The second-order valence-electron chi connectivity index (χ2n) is 2.83. The van der Waals surface area contributed by atoms with Crippen molar-refractivity contribution in [1.29, 1.82) is 0 Å². The Morgan fingerprint density at radius 2 is 1.81 bits per heavy atom. The fraction of sp³-hybridized carbons (Fsp3) is 0.200. The molecule has 1 aromatic rings. The molecule has 16 heavy (non-hydrogen) atoms. The first-order valence-electron chi connectivity index (χ1n) is 4.45. The second-order valence-corrected chi connectivity index (χ2v) is 2.83. The van der Waals surface area contributed by atoms with E-state index < -0.39 is 6.03 Å². The number of carbonyl (C=O) groups is 1. The van der Waals surface area contributed by atoms with Crippen LogP contribution in [0.5, 0.6) is 11.5 Å². The average Bonchev–Trinajstić information content (AvgIpc) is 2.28. The maximum absolute atomic E-state index is 11.2. The fourth-order valence-electron chi connectivity index (χ4n) is 1.11. The van der Waals surface area contributed by atoms with Gasteiger partial charge in [-0.15, -0.1) is 0 Å². The summed E-state index contributed by atoms with van der Waals surface area (Å²) >= 11 is 0. The lowest BCUT2D eigenvalue weighted by Gasteiger charge is -2.09. The molecule has 0 heterocycles. The maximum atomic E-state index is 11.2. The van der Waals surface area contributed by atoms with Crippen LogP contribution in [0.2, 0.25) is 0 Å². The summed E-state index contributed by atoms with van der Waals surface area (Å²) < 4.78 is 10.1. The number of hydrazone groups is 1. The van der Waals surface area contributed by atoms with Gasteiger partial charge in [0, 0.05) is 30.6 Å². The number of nitrogens with one attached hydrogen (secondary N) is 2. The van der Waals surface area contributed by atoms with Crippen LogP contribution < -0.4 is 20.2 Å². The molecule has 2 amide bonds. The van der Waals surface area contributed by atoms with Gasteiger partial charge >= 0.3 is 6.03 Å². The SMILES string of the molecule is C=NNC(=O)Nc1cc(OC)cc(OC)c1. The summed E-state index contributed by atoms with van der Waals surface area (Å²) in [5.41, 5.74) is 2.69. The van der Waals surface area contributed by atoms with Crippen LogP contribution in [0, 0.1) is 0 Å². The van der Waals surface area contributed by atoms with Crippen molar-refractivity contribution in [3.8, 4) is 11.5 Å².